The van der Waals surface area contributed by atoms with Crippen molar-refractivity contribution in [2.24, 2.45) is 10.4 Å². The topological polar surface area (TPSA) is 54.9 Å². The van der Waals surface area contributed by atoms with Crippen LogP contribution in [0.5, 0.6) is 5.75 Å². The molecule has 3 rings (SSSR count). The van der Waals surface area contributed by atoms with Crippen molar-refractivity contribution >= 4 is 29.9 Å². The molecule has 146 valence electrons. The molecule has 0 amide bonds. The molecule has 1 aliphatic carbocycles. The monoisotopic (exact) mass is 473 g/mol. The van der Waals surface area contributed by atoms with Crippen LogP contribution in [0.2, 0.25) is 0 Å². The van der Waals surface area contributed by atoms with E-state index in [1.54, 1.807) is 7.05 Å². The molecule has 1 saturated carbocycles. The van der Waals surface area contributed by atoms with E-state index in [0.717, 1.165) is 31.5 Å². The number of ether oxygens (including phenoxy) is 2. The first-order valence-electron chi connectivity index (χ1n) is 9.36. The predicted octanol–water partition coefficient (Wildman–Crippen LogP) is 3.64. The quantitative estimate of drug-likeness (QED) is 0.377. The minimum atomic E-state index is 0. The van der Waals surface area contributed by atoms with Crippen molar-refractivity contribution in [3.8, 4) is 5.75 Å². The molecule has 6 heteroatoms. The number of rotatable bonds is 6. The van der Waals surface area contributed by atoms with Crippen LogP contribution < -0.4 is 15.4 Å². The molecule has 0 bridgehead atoms. The SMILES string of the molecule is CN=C(NCc1ccc(C)cc1OC1CCCC1)NCC1(C)COC1.I. The van der Waals surface area contributed by atoms with Crippen LogP contribution in [0.4, 0.5) is 0 Å². The van der Waals surface area contributed by atoms with E-state index in [2.05, 4.69) is 47.7 Å². The van der Waals surface area contributed by atoms with E-state index in [-0.39, 0.29) is 29.4 Å². The summed E-state index contributed by atoms with van der Waals surface area (Å²) in [5.41, 5.74) is 2.63. The second-order valence-electron chi connectivity index (χ2n) is 7.72. The number of guanidine groups is 1. The molecule has 2 N–H and O–H groups in total. The number of benzene rings is 1. The van der Waals surface area contributed by atoms with Crippen molar-refractivity contribution in [3.63, 3.8) is 0 Å². The van der Waals surface area contributed by atoms with E-state index < -0.39 is 0 Å². The lowest BCUT2D eigenvalue weighted by Crippen LogP contribution is -2.50. The Bertz CT molecular complexity index is 611. The zero-order valence-corrected chi connectivity index (χ0v) is 18.5. The highest BCUT2D eigenvalue weighted by Crippen LogP contribution is 2.28. The summed E-state index contributed by atoms with van der Waals surface area (Å²) in [4.78, 5) is 4.33. The molecule has 0 atom stereocenters. The van der Waals surface area contributed by atoms with E-state index in [9.17, 15) is 0 Å². The van der Waals surface area contributed by atoms with E-state index in [1.807, 2.05) is 0 Å². The molecule has 2 aliphatic rings. The summed E-state index contributed by atoms with van der Waals surface area (Å²) in [5.74, 6) is 1.83. The average Bonchev–Trinajstić information content (AvgIpc) is 3.08. The van der Waals surface area contributed by atoms with Gasteiger partial charge in [0.25, 0.3) is 0 Å². The van der Waals surface area contributed by atoms with Crippen molar-refractivity contribution < 1.29 is 9.47 Å². The first kappa shape index (κ1) is 21.3. The van der Waals surface area contributed by atoms with Crippen LogP contribution in [0, 0.1) is 12.3 Å². The summed E-state index contributed by atoms with van der Waals surface area (Å²) < 4.78 is 11.6. The highest BCUT2D eigenvalue weighted by molar-refractivity contribution is 14.0. The lowest BCUT2D eigenvalue weighted by atomic mass is 9.89. The Kier molecular flexibility index (Phi) is 8.01. The van der Waals surface area contributed by atoms with Gasteiger partial charge in [0.2, 0.25) is 0 Å². The van der Waals surface area contributed by atoms with Crippen LogP contribution in [0.25, 0.3) is 0 Å². The van der Waals surface area contributed by atoms with E-state index in [4.69, 9.17) is 9.47 Å². The first-order valence-corrected chi connectivity index (χ1v) is 9.36. The van der Waals surface area contributed by atoms with E-state index in [0.29, 0.717) is 12.6 Å². The number of aliphatic imine (C=N–C) groups is 1. The molecule has 1 aromatic carbocycles. The molecule has 1 saturated heterocycles. The Hall–Kier alpha value is -1.02. The van der Waals surface area contributed by atoms with Gasteiger partial charge in [-0.2, -0.15) is 0 Å². The molecule has 0 spiro atoms. The van der Waals surface area contributed by atoms with Crippen LogP contribution in [0.3, 0.4) is 0 Å². The summed E-state index contributed by atoms with van der Waals surface area (Å²) in [6.07, 6.45) is 5.28. The maximum atomic E-state index is 6.28. The molecule has 5 nitrogen and oxygen atoms in total. The lowest BCUT2D eigenvalue weighted by molar-refractivity contribution is -0.0971. The third-order valence-electron chi connectivity index (χ3n) is 5.07. The minimum absolute atomic E-state index is 0. The standard InChI is InChI=1S/C20H31N3O2.HI/c1-15-8-9-16(18(10-15)25-17-6-4-5-7-17)11-22-19(21-3)23-12-20(2)13-24-14-20;/h8-10,17H,4-7,11-14H2,1-3H3,(H2,21,22,23);1H. The smallest absolute Gasteiger partial charge is 0.191 e. The maximum Gasteiger partial charge on any atom is 0.191 e. The second kappa shape index (κ2) is 9.78. The molecule has 1 aromatic rings. The summed E-state index contributed by atoms with van der Waals surface area (Å²) in [7, 11) is 1.81. The fourth-order valence-corrected chi connectivity index (χ4v) is 3.35. The Morgan fingerprint density at radius 1 is 1.27 bits per heavy atom. The van der Waals surface area contributed by atoms with E-state index in [1.165, 1.54) is 36.8 Å². The fourth-order valence-electron chi connectivity index (χ4n) is 3.35. The van der Waals surface area contributed by atoms with Crippen LogP contribution in [-0.4, -0.2) is 38.9 Å². The Labute approximate surface area is 174 Å². The molecule has 0 aromatic heterocycles. The van der Waals surface area contributed by atoms with Crippen molar-refractivity contribution in [1.29, 1.82) is 0 Å². The number of nitrogens with zero attached hydrogens (tertiary/aromatic N) is 1. The summed E-state index contributed by atoms with van der Waals surface area (Å²) in [6, 6.07) is 6.45. The highest BCUT2D eigenvalue weighted by Gasteiger charge is 2.33. The number of hydrogen-bond acceptors (Lipinski definition) is 3. The Morgan fingerprint density at radius 3 is 2.62 bits per heavy atom. The minimum Gasteiger partial charge on any atom is -0.490 e. The molecule has 1 aliphatic heterocycles. The van der Waals surface area contributed by atoms with Crippen LogP contribution in [0.15, 0.2) is 23.2 Å². The average molecular weight is 473 g/mol. The molecule has 1 heterocycles. The van der Waals surface area contributed by atoms with Gasteiger partial charge in [0, 0.05) is 31.1 Å². The molecule has 0 radical (unpaired) electrons. The van der Waals surface area contributed by atoms with Gasteiger partial charge < -0.3 is 20.1 Å². The highest BCUT2D eigenvalue weighted by atomic mass is 127. The third kappa shape index (κ3) is 5.74. The molecule has 2 fully saturated rings. The van der Waals surface area contributed by atoms with Gasteiger partial charge in [-0.25, -0.2) is 0 Å². The van der Waals surface area contributed by atoms with Gasteiger partial charge in [-0.1, -0.05) is 19.1 Å². The van der Waals surface area contributed by atoms with Crippen LogP contribution >= 0.6 is 24.0 Å². The number of hydrogen-bond donors (Lipinski definition) is 2. The van der Waals surface area contributed by atoms with Crippen LogP contribution in [0.1, 0.15) is 43.7 Å². The zero-order valence-electron chi connectivity index (χ0n) is 16.1. The van der Waals surface area contributed by atoms with Crippen LogP contribution in [-0.2, 0) is 11.3 Å². The molecule has 26 heavy (non-hydrogen) atoms. The van der Waals surface area contributed by atoms with Crippen molar-refractivity contribution in [2.45, 2.75) is 52.2 Å². The third-order valence-corrected chi connectivity index (χ3v) is 5.07. The van der Waals surface area contributed by atoms with Crippen molar-refractivity contribution in [3.05, 3.63) is 29.3 Å². The van der Waals surface area contributed by atoms with Crippen molar-refractivity contribution in [1.82, 2.24) is 10.6 Å². The van der Waals surface area contributed by atoms with Gasteiger partial charge >= 0.3 is 0 Å². The normalized spacial score (nSPS) is 19.4. The van der Waals surface area contributed by atoms with Gasteiger partial charge in [-0.05, 0) is 44.2 Å². The maximum absolute atomic E-state index is 6.28. The van der Waals surface area contributed by atoms with Gasteiger partial charge in [0.05, 0.1) is 19.3 Å². The molecular weight excluding hydrogens is 441 g/mol. The number of aryl methyl sites for hydroxylation is 1. The predicted molar refractivity (Wildman–Crippen MR) is 117 cm³/mol. The fraction of sp³-hybridized carbons (Fsp3) is 0.650. The lowest BCUT2D eigenvalue weighted by Gasteiger charge is -2.38. The summed E-state index contributed by atoms with van der Waals surface area (Å²) >= 11 is 0. The number of halogens is 1. The van der Waals surface area contributed by atoms with Crippen molar-refractivity contribution in [2.75, 3.05) is 26.8 Å². The van der Waals surface area contributed by atoms with Gasteiger partial charge in [0.1, 0.15) is 5.75 Å². The Balaban J connectivity index is 0.00000243. The summed E-state index contributed by atoms with van der Waals surface area (Å²) in [5, 5.41) is 6.81. The van der Waals surface area contributed by atoms with Gasteiger partial charge in [-0.3, -0.25) is 4.99 Å². The zero-order chi connectivity index (χ0) is 17.7. The Morgan fingerprint density at radius 2 is 2.00 bits per heavy atom. The summed E-state index contributed by atoms with van der Waals surface area (Å²) in [6.45, 7) is 7.54. The van der Waals surface area contributed by atoms with E-state index >= 15 is 0 Å². The number of nitrogens with one attached hydrogen (secondary N) is 2. The second-order valence-corrected chi connectivity index (χ2v) is 7.72. The first-order chi connectivity index (χ1) is 12.1. The molecule has 0 unspecified atom stereocenters. The largest absolute Gasteiger partial charge is 0.490 e. The van der Waals surface area contributed by atoms with Gasteiger partial charge in [0.15, 0.2) is 5.96 Å². The van der Waals surface area contributed by atoms with Gasteiger partial charge in [-0.15, -0.1) is 24.0 Å². The molecular formula is C20H32IN3O2.